The van der Waals surface area contributed by atoms with Crippen LogP contribution in [0.3, 0.4) is 0 Å². The average Bonchev–Trinajstić information content (AvgIpc) is 3.42. The Labute approximate surface area is 269 Å². The number of nitrogens with one attached hydrogen (secondary N) is 4. The van der Waals surface area contributed by atoms with E-state index in [1.165, 1.54) is 4.57 Å². The van der Waals surface area contributed by atoms with E-state index in [1.54, 1.807) is 42.6 Å². The van der Waals surface area contributed by atoms with E-state index in [0.717, 1.165) is 24.0 Å². The van der Waals surface area contributed by atoms with Gasteiger partial charge in [-0.1, -0.05) is 29.8 Å². The molecule has 0 fully saturated rings. The molecule has 0 aliphatic heterocycles. The highest BCUT2D eigenvalue weighted by molar-refractivity contribution is 6.31. The molecular formula is C33H38ClF4N7O. The van der Waals surface area contributed by atoms with Gasteiger partial charge in [-0.05, 0) is 80.6 Å². The topological polar surface area (TPSA) is 125 Å². The molecule has 0 aliphatic carbocycles. The molecule has 13 heteroatoms. The number of benzene rings is 2. The van der Waals surface area contributed by atoms with Gasteiger partial charge in [0.2, 0.25) is 0 Å². The fourth-order valence-corrected chi connectivity index (χ4v) is 5.29. The number of hydrogen-bond acceptors (Lipinski definition) is 6. The first-order valence-corrected chi connectivity index (χ1v) is 15.4. The average molecular weight is 660 g/mol. The normalized spacial score (nSPS) is 13.9. The van der Waals surface area contributed by atoms with E-state index in [4.69, 9.17) is 22.7 Å². The van der Waals surface area contributed by atoms with Crippen molar-refractivity contribution in [3.8, 4) is 16.9 Å². The number of aromatic amines is 1. The molecule has 0 bridgehead atoms. The molecular weight excluding hydrogens is 622 g/mol. The molecule has 6 N–H and O–H groups in total. The molecule has 0 radical (unpaired) electrons. The minimum Gasteiger partial charge on any atom is -0.339 e. The number of alkyl halides is 3. The molecule has 4 aromatic rings. The number of nitrogens with zero attached hydrogens (tertiary/aromatic N) is 2. The predicted molar refractivity (Wildman–Crippen MR) is 175 cm³/mol. The minimum absolute atomic E-state index is 0.0169. The van der Waals surface area contributed by atoms with E-state index in [2.05, 4.69) is 27.2 Å². The standard InChI is InChI=1S/C33H38ClF4N7O/c1-3-25(11-12-41-18-24(16-39)33(36,37)38)42-17-21-7-9-26(10-8-21)45-19-23-15-29(43-31(23)44-32(45)46)27-13-22(6-4-5-20(2)40)14-28(34)30(27)35/h3,7-10,13-16,19-20,24-25,39,41-42H,1,4-6,11-12,17-18,40H2,2H3,(H,43,44,46)/t20-,24?,25-/m0/s1. The molecule has 0 saturated heterocycles. The first kappa shape index (κ1) is 35.0. The molecule has 2 aromatic heterocycles. The number of H-pyrrole nitrogens is 1. The van der Waals surface area contributed by atoms with Crippen LogP contribution in [0.1, 0.15) is 37.3 Å². The Kier molecular flexibility index (Phi) is 11.9. The van der Waals surface area contributed by atoms with Crippen LogP contribution < -0.4 is 22.1 Å². The van der Waals surface area contributed by atoms with Crippen LogP contribution in [0.2, 0.25) is 5.02 Å². The van der Waals surface area contributed by atoms with Crippen LogP contribution in [-0.2, 0) is 13.0 Å². The van der Waals surface area contributed by atoms with Crippen LogP contribution in [0, 0.1) is 17.1 Å². The molecule has 0 spiro atoms. The lowest BCUT2D eigenvalue weighted by atomic mass is 10.0. The van der Waals surface area contributed by atoms with Crippen LogP contribution in [0.5, 0.6) is 0 Å². The first-order chi connectivity index (χ1) is 21.9. The fraction of sp³-hybridized carbons (Fsp3) is 0.364. The van der Waals surface area contributed by atoms with Crippen molar-refractivity contribution in [3.63, 3.8) is 0 Å². The second kappa shape index (κ2) is 15.6. The predicted octanol–water partition coefficient (Wildman–Crippen LogP) is 6.30. The van der Waals surface area contributed by atoms with E-state index in [9.17, 15) is 18.0 Å². The molecule has 3 atom stereocenters. The maximum atomic E-state index is 15.1. The van der Waals surface area contributed by atoms with Crippen LogP contribution in [0.4, 0.5) is 17.6 Å². The van der Waals surface area contributed by atoms with Gasteiger partial charge in [-0.3, -0.25) is 4.57 Å². The third kappa shape index (κ3) is 9.12. The highest BCUT2D eigenvalue weighted by Gasteiger charge is 2.37. The van der Waals surface area contributed by atoms with Crippen molar-refractivity contribution >= 4 is 28.8 Å². The maximum absolute atomic E-state index is 15.1. The van der Waals surface area contributed by atoms with Crippen LogP contribution in [0.15, 0.2) is 66.1 Å². The maximum Gasteiger partial charge on any atom is 0.397 e. The number of aromatic nitrogens is 3. The third-order valence-corrected chi connectivity index (χ3v) is 7.97. The fourth-order valence-electron chi connectivity index (χ4n) is 5.05. The summed E-state index contributed by atoms with van der Waals surface area (Å²) < 4.78 is 54.9. The number of rotatable bonds is 16. The lowest BCUT2D eigenvalue weighted by molar-refractivity contribution is -0.153. The van der Waals surface area contributed by atoms with Crippen molar-refractivity contribution in [1.82, 2.24) is 25.2 Å². The number of nitrogens with two attached hydrogens (primary N) is 1. The molecule has 46 heavy (non-hydrogen) atoms. The van der Waals surface area contributed by atoms with Crippen molar-refractivity contribution in [3.05, 3.63) is 93.8 Å². The smallest absolute Gasteiger partial charge is 0.339 e. The molecule has 4 rings (SSSR count). The monoisotopic (exact) mass is 659 g/mol. The first-order valence-electron chi connectivity index (χ1n) is 15.0. The van der Waals surface area contributed by atoms with E-state index in [1.807, 2.05) is 19.1 Å². The molecule has 8 nitrogen and oxygen atoms in total. The number of hydrogen-bond donors (Lipinski definition) is 5. The molecule has 0 amide bonds. The lowest BCUT2D eigenvalue weighted by Gasteiger charge is -2.18. The van der Waals surface area contributed by atoms with Gasteiger partial charge in [-0.25, -0.2) is 9.18 Å². The molecule has 2 heterocycles. The quantitative estimate of drug-likeness (QED) is 0.0418. The summed E-state index contributed by atoms with van der Waals surface area (Å²) >= 11 is 6.22. The summed E-state index contributed by atoms with van der Waals surface area (Å²) in [5, 5.41) is 13.7. The van der Waals surface area contributed by atoms with Gasteiger partial charge in [0, 0.05) is 48.5 Å². The summed E-state index contributed by atoms with van der Waals surface area (Å²) in [6.07, 6.45) is 2.19. The van der Waals surface area contributed by atoms with Crippen molar-refractivity contribution in [2.24, 2.45) is 11.7 Å². The Morgan fingerprint density at radius 3 is 2.57 bits per heavy atom. The molecule has 2 aromatic carbocycles. The number of fused-ring (bicyclic) bond motifs is 1. The molecule has 1 unspecified atom stereocenters. The van der Waals surface area contributed by atoms with Crippen LogP contribution in [0.25, 0.3) is 28.0 Å². The van der Waals surface area contributed by atoms with Crippen molar-refractivity contribution in [1.29, 1.82) is 5.41 Å². The Balaban J connectivity index is 1.42. The Morgan fingerprint density at radius 2 is 1.91 bits per heavy atom. The third-order valence-electron chi connectivity index (χ3n) is 7.70. The number of halogens is 5. The van der Waals surface area contributed by atoms with Gasteiger partial charge < -0.3 is 26.8 Å². The zero-order chi connectivity index (χ0) is 33.4. The largest absolute Gasteiger partial charge is 0.397 e. The van der Waals surface area contributed by atoms with E-state index in [-0.39, 0.29) is 23.7 Å². The summed E-state index contributed by atoms with van der Waals surface area (Å²) in [5.41, 5.74) is 8.81. The Morgan fingerprint density at radius 1 is 1.17 bits per heavy atom. The molecule has 0 saturated carbocycles. The van der Waals surface area contributed by atoms with Gasteiger partial charge in [0.25, 0.3) is 0 Å². The zero-order valence-corrected chi connectivity index (χ0v) is 26.2. The summed E-state index contributed by atoms with van der Waals surface area (Å²) in [6, 6.07) is 12.3. The van der Waals surface area contributed by atoms with Gasteiger partial charge >= 0.3 is 11.9 Å². The Bertz CT molecular complexity index is 1700. The summed E-state index contributed by atoms with van der Waals surface area (Å²) in [6.45, 7) is 6.17. The molecule has 246 valence electrons. The van der Waals surface area contributed by atoms with Gasteiger partial charge in [0.15, 0.2) is 5.82 Å². The molecule has 0 aliphatic rings. The summed E-state index contributed by atoms with van der Waals surface area (Å²) in [5.74, 6) is -2.37. The number of aryl methyl sites for hydroxylation is 1. The highest BCUT2D eigenvalue weighted by atomic mass is 35.5. The highest BCUT2D eigenvalue weighted by Crippen LogP contribution is 2.31. The van der Waals surface area contributed by atoms with Crippen LogP contribution in [-0.4, -0.2) is 52.1 Å². The van der Waals surface area contributed by atoms with Gasteiger partial charge in [-0.2, -0.15) is 18.2 Å². The second-order valence-corrected chi connectivity index (χ2v) is 11.8. The van der Waals surface area contributed by atoms with E-state index < -0.39 is 23.6 Å². The van der Waals surface area contributed by atoms with Crippen LogP contribution >= 0.6 is 11.6 Å². The van der Waals surface area contributed by atoms with E-state index >= 15 is 4.39 Å². The van der Waals surface area contributed by atoms with Gasteiger partial charge in [0.05, 0.1) is 16.4 Å². The summed E-state index contributed by atoms with van der Waals surface area (Å²) in [4.78, 5) is 20.2. The van der Waals surface area contributed by atoms with Gasteiger partial charge in [-0.15, -0.1) is 6.58 Å². The summed E-state index contributed by atoms with van der Waals surface area (Å²) in [7, 11) is 0. The zero-order valence-electron chi connectivity index (χ0n) is 25.4. The minimum atomic E-state index is -4.45. The van der Waals surface area contributed by atoms with Crippen molar-refractivity contribution in [2.45, 2.75) is 57.4 Å². The van der Waals surface area contributed by atoms with Crippen molar-refractivity contribution in [2.75, 3.05) is 13.1 Å². The Hall–Kier alpha value is -3.84. The van der Waals surface area contributed by atoms with Crippen molar-refractivity contribution < 1.29 is 17.6 Å². The van der Waals surface area contributed by atoms with E-state index in [0.29, 0.717) is 60.1 Å². The van der Waals surface area contributed by atoms with Gasteiger partial charge in [0.1, 0.15) is 11.6 Å². The SMILES string of the molecule is C=C[C@@H](CCNCC(C=N)C(F)(F)F)NCc1ccc(-n2cc3cc(-c4cc(CCC[C@H](C)N)cc(Cl)c4F)[nH]c3nc2=O)cc1. The second-order valence-electron chi connectivity index (χ2n) is 11.4. The lowest BCUT2D eigenvalue weighted by Crippen LogP contribution is -2.37.